The first-order chi connectivity index (χ1) is 10.3. The van der Waals surface area contributed by atoms with Gasteiger partial charge in [0.25, 0.3) is 0 Å². The molecule has 1 atom stereocenters. The number of benzene rings is 1. The molecule has 0 radical (unpaired) electrons. The second-order valence-electron chi connectivity index (χ2n) is 5.40. The van der Waals surface area contributed by atoms with Gasteiger partial charge in [0.05, 0.1) is 17.6 Å². The van der Waals surface area contributed by atoms with Crippen molar-refractivity contribution in [3.05, 3.63) is 24.3 Å². The topological polar surface area (TPSA) is 79.0 Å². The summed E-state index contributed by atoms with van der Waals surface area (Å²) in [4.78, 5) is 13.2. The lowest BCUT2D eigenvalue weighted by molar-refractivity contribution is 0.0102. The van der Waals surface area contributed by atoms with Crippen molar-refractivity contribution < 1.29 is 17.9 Å². The van der Waals surface area contributed by atoms with Crippen molar-refractivity contribution in [2.45, 2.75) is 17.9 Å². The number of morpholine rings is 1. The minimum Gasteiger partial charge on any atom is -0.376 e. The molecule has 2 amide bonds. The zero-order valence-electron chi connectivity index (χ0n) is 12.9. The molecule has 1 aliphatic rings. The van der Waals surface area contributed by atoms with E-state index in [1.807, 2.05) is 6.92 Å². The maximum Gasteiger partial charge on any atom is 0.321 e. The lowest BCUT2D eigenvalue weighted by Gasteiger charge is -2.30. The van der Waals surface area contributed by atoms with Gasteiger partial charge in [-0.2, -0.15) is 4.31 Å². The first kappa shape index (κ1) is 16.7. The average molecular weight is 327 g/mol. The molecule has 2 rings (SSSR count). The highest BCUT2D eigenvalue weighted by atomic mass is 32.2. The van der Waals surface area contributed by atoms with Crippen molar-refractivity contribution in [2.24, 2.45) is 0 Å². The van der Waals surface area contributed by atoms with Crippen LogP contribution in [0.1, 0.15) is 6.92 Å². The van der Waals surface area contributed by atoms with Crippen LogP contribution < -0.4 is 5.32 Å². The Kier molecular flexibility index (Phi) is 5.05. The van der Waals surface area contributed by atoms with E-state index in [0.717, 1.165) is 0 Å². The van der Waals surface area contributed by atoms with E-state index in [9.17, 15) is 13.2 Å². The Morgan fingerprint density at radius 3 is 2.77 bits per heavy atom. The number of ether oxygens (including phenoxy) is 1. The average Bonchev–Trinajstić information content (AvgIpc) is 2.47. The second kappa shape index (κ2) is 6.64. The molecule has 1 unspecified atom stereocenters. The summed E-state index contributed by atoms with van der Waals surface area (Å²) in [5.74, 6) is 0. The number of sulfonamides is 1. The fourth-order valence-electron chi connectivity index (χ4n) is 2.12. The molecule has 0 spiro atoms. The highest BCUT2D eigenvalue weighted by molar-refractivity contribution is 7.89. The Bertz CT molecular complexity index is 645. The van der Waals surface area contributed by atoms with Crippen LogP contribution in [0.15, 0.2) is 29.2 Å². The zero-order valence-corrected chi connectivity index (χ0v) is 13.8. The number of hydrogen-bond donors (Lipinski definition) is 1. The van der Waals surface area contributed by atoms with Crippen LogP contribution in [0.3, 0.4) is 0 Å². The number of anilines is 1. The molecule has 1 fully saturated rings. The molecule has 1 aliphatic heterocycles. The van der Waals surface area contributed by atoms with E-state index in [1.165, 1.54) is 21.3 Å². The van der Waals surface area contributed by atoms with Gasteiger partial charge in [0.15, 0.2) is 0 Å². The summed E-state index contributed by atoms with van der Waals surface area (Å²) in [7, 11) is -0.353. The third-order valence-corrected chi connectivity index (χ3v) is 5.19. The molecule has 7 nitrogen and oxygen atoms in total. The van der Waals surface area contributed by atoms with Gasteiger partial charge in [0.1, 0.15) is 0 Å². The molecule has 1 aromatic carbocycles. The molecule has 0 aliphatic carbocycles. The van der Waals surface area contributed by atoms with E-state index in [0.29, 0.717) is 25.4 Å². The van der Waals surface area contributed by atoms with Gasteiger partial charge in [-0.1, -0.05) is 6.07 Å². The fraction of sp³-hybridized carbons (Fsp3) is 0.500. The Morgan fingerprint density at radius 1 is 1.41 bits per heavy atom. The number of hydrogen-bond acceptors (Lipinski definition) is 4. The Balaban J connectivity index is 2.22. The fourth-order valence-corrected chi connectivity index (χ4v) is 3.67. The molecule has 0 bridgehead atoms. The van der Waals surface area contributed by atoms with E-state index in [2.05, 4.69) is 5.32 Å². The van der Waals surface area contributed by atoms with Crippen molar-refractivity contribution in [2.75, 3.05) is 39.1 Å². The van der Waals surface area contributed by atoms with Gasteiger partial charge < -0.3 is 15.0 Å². The highest BCUT2D eigenvalue weighted by Gasteiger charge is 2.29. The largest absolute Gasteiger partial charge is 0.376 e. The van der Waals surface area contributed by atoms with Crippen LogP contribution in [-0.4, -0.2) is 63.5 Å². The molecule has 1 aromatic rings. The Morgan fingerprint density at radius 2 is 2.14 bits per heavy atom. The van der Waals surface area contributed by atoms with E-state index in [4.69, 9.17) is 4.74 Å². The lowest BCUT2D eigenvalue weighted by atomic mass is 10.3. The predicted molar refractivity (Wildman–Crippen MR) is 83.3 cm³/mol. The summed E-state index contributed by atoms with van der Waals surface area (Å²) >= 11 is 0. The SMILES string of the molecule is CC1CN(S(=O)(=O)c2cccc(NC(=O)N(C)C)c2)CCO1. The minimum atomic E-state index is -3.59. The highest BCUT2D eigenvalue weighted by Crippen LogP contribution is 2.21. The van der Waals surface area contributed by atoms with Crippen molar-refractivity contribution in [3.8, 4) is 0 Å². The van der Waals surface area contributed by atoms with Crippen LogP contribution in [0.5, 0.6) is 0 Å². The molecule has 8 heteroatoms. The first-order valence-corrected chi connectivity index (χ1v) is 8.45. The molecule has 1 heterocycles. The monoisotopic (exact) mass is 327 g/mol. The minimum absolute atomic E-state index is 0.125. The van der Waals surface area contributed by atoms with Crippen LogP contribution in [-0.2, 0) is 14.8 Å². The van der Waals surface area contributed by atoms with E-state index < -0.39 is 10.0 Å². The number of amides is 2. The smallest absolute Gasteiger partial charge is 0.321 e. The van der Waals surface area contributed by atoms with E-state index in [1.54, 1.807) is 26.2 Å². The molecule has 0 saturated carbocycles. The number of carbonyl (C=O) groups excluding carboxylic acids is 1. The number of urea groups is 1. The van der Waals surface area contributed by atoms with Crippen LogP contribution in [0.2, 0.25) is 0 Å². The maximum atomic E-state index is 12.7. The van der Waals surface area contributed by atoms with Crippen LogP contribution in [0, 0.1) is 0 Å². The van der Waals surface area contributed by atoms with E-state index in [-0.39, 0.29) is 17.0 Å². The molecule has 1 saturated heterocycles. The molecule has 0 aromatic heterocycles. The molecule has 1 N–H and O–H groups in total. The third kappa shape index (κ3) is 3.76. The van der Waals surface area contributed by atoms with Gasteiger partial charge in [-0.3, -0.25) is 0 Å². The van der Waals surface area contributed by atoms with Gasteiger partial charge in [-0.05, 0) is 25.1 Å². The summed E-state index contributed by atoms with van der Waals surface area (Å²) in [6.45, 7) is 2.89. The van der Waals surface area contributed by atoms with Crippen molar-refractivity contribution in [1.29, 1.82) is 0 Å². The Labute approximate surface area is 130 Å². The standard InChI is InChI=1S/C14H21N3O4S/c1-11-10-17(7-8-21-11)22(19,20)13-6-4-5-12(9-13)15-14(18)16(2)3/h4-6,9,11H,7-8,10H2,1-3H3,(H,15,18). The predicted octanol–water partition coefficient (Wildman–Crippen LogP) is 1.19. The normalized spacial score (nSPS) is 19.7. The molecular weight excluding hydrogens is 306 g/mol. The van der Waals surface area contributed by atoms with Crippen LogP contribution in [0.25, 0.3) is 0 Å². The second-order valence-corrected chi connectivity index (χ2v) is 7.33. The van der Waals surface area contributed by atoms with Gasteiger partial charge in [0, 0.05) is 32.9 Å². The van der Waals surface area contributed by atoms with Crippen molar-refractivity contribution in [3.63, 3.8) is 0 Å². The summed E-state index contributed by atoms with van der Waals surface area (Å²) in [5, 5.41) is 2.64. The summed E-state index contributed by atoms with van der Waals surface area (Å²) < 4.78 is 32.1. The molecule has 22 heavy (non-hydrogen) atoms. The van der Waals surface area contributed by atoms with E-state index >= 15 is 0 Å². The summed E-state index contributed by atoms with van der Waals surface area (Å²) in [5.41, 5.74) is 0.445. The van der Waals surface area contributed by atoms with Crippen LogP contribution >= 0.6 is 0 Å². The number of carbonyl (C=O) groups is 1. The third-order valence-electron chi connectivity index (χ3n) is 3.33. The maximum absolute atomic E-state index is 12.7. The first-order valence-electron chi connectivity index (χ1n) is 7.01. The van der Waals surface area contributed by atoms with Crippen LogP contribution in [0.4, 0.5) is 10.5 Å². The number of nitrogens with one attached hydrogen (secondary N) is 1. The van der Waals surface area contributed by atoms with Crippen molar-refractivity contribution >= 4 is 21.7 Å². The quantitative estimate of drug-likeness (QED) is 0.904. The lowest BCUT2D eigenvalue weighted by Crippen LogP contribution is -2.44. The van der Waals surface area contributed by atoms with Gasteiger partial charge in [-0.25, -0.2) is 13.2 Å². The number of nitrogens with zero attached hydrogens (tertiary/aromatic N) is 2. The van der Waals surface area contributed by atoms with Gasteiger partial charge in [0.2, 0.25) is 10.0 Å². The zero-order chi connectivity index (χ0) is 16.3. The van der Waals surface area contributed by atoms with Gasteiger partial charge >= 0.3 is 6.03 Å². The summed E-state index contributed by atoms with van der Waals surface area (Å²) in [6.07, 6.45) is -0.125. The molecular formula is C14H21N3O4S. The van der Waals surface area contributed by atoms with Gasteiger partial charge in [-0.15, -0.1) is 0 Å². The summed E-state index contributed by atoms with van der Waals surface area (Å²) in [6, 6.07) is 5.96. The Hall–Kier alpha value is -1.64. The molecule has 122 valence electrons. The van der Waals surface area contributed by atoms with Crippen molar-refractivity contribution in [1.82, 2.24) is 9.21 Å². The number of rotatable bonds is 3.